The van der Waals surface area contributed by atoms with Gasteiger partial charge in [0, 0.05) is 11.0 Å². The monoisotopic (exact) mass is 291 g/mol. The van der Waals surface area contributed by atoms with Gasteiger partial charge in [-0.05, 0) is 5.41 Å². The van der Waals surface area contributed by atoms with Gasteiger partial charge in [-0.1, -0.05) is 83.6 Å². The van der Waals surface area contributed by atoms with Crippen LogP contribution in [0.15, 0.2) is 35.3 Å². The average Bonchev–Trinajstić information content (AvgIpc) is 2.37. The summed E-state index contributed by atoms with van der Waals surface area (Å²) >= 11 is 1.74. The largest absolute Gasteiger partial charge is 0.341 e. The van der Waals surface area contributed by atoms with Gasteiger partial charge < -0.3 is 4.74 Å². The molecule has 2 nitrogen and oxygen atoms in total. The third-order valence-electron chi connectivity index (χ3n) is 3.17. The van der Waals surface area contributed by atoms with E-state index in [9.17, 15) is 0 Å². The van der Waals surface area contributed by atoms with Crippen LogP contribution in [-0.2, 0) is 4.74 Å². The molecule has 0 aliphatic carbocycles. The van der Waals surface area contributed by atoms with Gasteiger partial charge >= 0.3 is 0 Å². The molecule has 2 atom stereocenters. The van der Waals surface area contributed by atoms with E-state index in [0.717, 1.165) is 5.04 Å². The topological polar surface area (TPSA) is 21.6 Å². The SMILES string of the molecule is CC(C)(C)C1N=C(c2ccccc2)SC(C(C)(C)C)O1. The number of ether oxygens (including phenoxy) is 1. The Labute approximate surface area is 127 Å². The maximum absolute atomic E-state index is 6.24. The summed E-state index contributed by atoms with van der Waals surface area (Å²) in [7, 11) is 0. The van der Waals surface area contributed by atoms with Gasteiger partial charge in [0.15, 0.2) is 6.23 Å². The van der Waals surface area contributed by atoms with Crippen molar-refractivity contribution in [3.05, 3.63) is 35.9 Å². The first-order valence-corrected chi connectivity index (χ1v) is 8.01. The third-order valence-corrected chi connectivity index (χ3v) is 4.77. The van der Waals surface area contributed by atoms with Crippen LogP contribution in [0, 0.1) is 10.8 Å². The van der Waals surface area contributed by atoms with E-state index in [-0.39, 0.29) is 22.5 Å². The summed E-state index contributed by atoms with van der Waals surface area (Å²) < 4.78 is 6.24. The molecule has 20 heavy (non-hydrogen) atoms. The Morgan fingerprint density at radius 2 is 1.55 bits per heavy atom. The Bertz CT molecular complexity index is 482. The maximum Gasteiger partial charge on any atom is 0.155 e. The molecule has 0 N–H and O–H groups in total. The molecular formula is C17H25NOS. The molecule has 0 saturated carbocycles. The molecule has 0 amide bonds. The molecule has 1 aromatic carbocycles. The second-order valence-electron chi connectivity index (χ2n) is 7.47. The molecule has 110 valence electrons. The van der Waals surface area contributed by atoms with E-state index in [1.165, 1.54) is 5.56 Å². The third kappa shape index (κ3) is 3.64. The highest BCUT2D eigenvalue weighted by atomic mass is 32.2. The van der Waals surface area contributed by atoms with E-state index in [2.05, 4.69) is 65.8 Å². The van der Waals surface area contributed by atoms with Gasteiger partial charge in [0.25, 0.3) is 0 Å². The lowest BCUT2D eigenvalue weighted by atomic mass is 9.93. The number of thioether (sulfide) groups is 1. The van der Waals surface area contributed by atoms with Gasteiger partial charge in [-0.2, -0.15) is 0 Å². The van der Waals surface area contributed by atoms with Crippen LogP contribution >= 0.6 is 11.8 Å². The molecule has 0 radical (unpaired) electrons. The number of nitrogens with zero attached hydrogens (tertiary/aromatic N) is 1. The number of benzene rings is 1. The zero-order chi connectivity index (χ0) is 15.0. The minimum atomic E-state index is -0.0943. The lowest BCUT2D eigenvalue weighted by molar-refractivity contribution is -0.0616. The molecule has 2 rings (SSSR count). The molecule has 2 unspecified atom stereocenters. The zero-order valence-corrected chi connectivity index (χ0v) is 14.1. The quantitative estimate of drug-likeness (QED) is 0.731. The lowest BCUT2D eigenvalue weighted by Gasteiger charge is -2.40. The van der Waals surface area contributed by atoms with Crippen LogP contribution in [0.25, 0.3) is 0 Å². The van der Waals surface area contributed by atoms with Crippen molar-refractivity contribution in [2.45, 2.75) is 53.2 Å². The smallest absolute Gasteiger partial charge is 0.155 e. The van der Waals surface area contributed by atoms with Crippen LogP contribution in [0.1, 0.15) is 47.1 Å². The van der Waals surface area contributed by atoms with Gasteiger partial charge in [0.2, 0.25) is 0 Å². The van der Waals surface area contributed by atoms with E-state index in [4.69, 9.17) is 9.73 Å². The summed E-state index contributed by atoms with van der Waals surface area (Å²) in [4.78, 5) is 4.84. The molecule has 0 spiro atoms. The molecule has 1 aromatic rings. The van der Waals surface area contributed by atoms with Crippen molar-refractivity contribution >= 4 is 16.8 Å². The first-order chi connectivity index (χ1) is 9.18. The van der Waals surface area contributed by atoms with E-state index in [1.807, 2.05) is 6.07 Å². The predicted molar refractivity (Wildman–Crippen MR) is 88.1 cm³/mol. The number of rotatable bonds is 1. The normalized spacial score (nSPS) is 24.4. The second-order valence-corrected chi connectivity index (χ2v) is 8.52. The molecule has 1 heterocycles. The minimum Gasteiger partial charge on any atom is -0.341 e. The van der Waals surface area contributed by atoms with Gasteiger partial charge in [0.05, 0.1) is 0 Å². The summed E-state index contributed by atoms with van der Waals surface area (Å²) in [5.74, 6) is 0. The fourth-order valence-electron chi connectivity index (χ4n) is 1.92. The van der Waals surface area contributed by atoms with Crippen LogP contribution in [0.4, 0.5) is 0 Å². The summed E-state index contributed by atoms with van der Waals surface area (Å²) in [5.41, 5.74) is 1.40. The Morgan fingerprint density at radius 1 is 0.950 bits per heavy atom. The van der Waals surface area contributed by atoms with Gasteiger partial charge in [0.1, 0.15) is 10.5 Å². The zero-order valence-electron chi connectivity index (χ0n) is 13.3. The fourth-order valence-corrected chi connectivity index (χ4v) is 3.06. The first kappa shape index (κ1) is 15.6. The number of aliphatic imine (C=N–C) groups is 1. The molecule has 0 aromatic heterocycles. The van der Waals surface area contributed by atoms with Gasteiger partial charge in [-0.25, -0.2) is 4.99 Å². The van der Waals surface area contributed by atoms with Crippen LogP contribution in [0.2, 0.25) is 0 Å². The van der Waals surface area contributed by atoms with Crippen LogP contribution in [-0.4, -0.2) is 16.7 Å². The molecule has 1 aliphatic heterocycles. The second kappa shape index (κ2) is 5.53. The average molecular weight is 291 g/mol. The highest BCUT2D eigenvalue weighted by Crippen LogP contribution is 2.41. The Kier molecular flexibility index (Phi) is 4.31. The molecule has 0 saturated heterocycles. The van der Waals surface area contributed by atoms with Gasteiger partial charge in [-0.15, -0.1) is 0 Å². The van der Waals surface area contributed by atoms with Crippen molar-refractivity contribution in [3.63, 3.8) is 0 Å². The molecule has 3 heteroatoms. The highest BCUT2D eigenvalue weighted by molar-refractivity contribution is 8.14. The van der Waals surface area contributed by atoms with E-state index < -0.39 is 0 Å². The Hall–Kier alpha value is -0.800. The summed E-state index contributed by atoms with van der Waals surface area (Å²) in [6.45, 7) is 13.2. The van der Waals surface area contributed by atoms with E-state index >= 15 is 0 Å². The van der Waals surface area contributed by atoms with Crippen LogP contribution in [0.5, 0.6) is 0 Å². The first-order valence-electron chi connectivity index (χ1n) is 7.13. The highest BCUT2D eigenvalue weighted by Gasteiger charge is 2.38. The van der Waals surface area contributed by atoms with Crippen molar-refractivity contribution in [3.8, 4) is 0 Å². The fraction of sp³-hybridized carbons (Fsp3) is 0.588. The van der Waals surface area contributed by atoms with Crippen molar-refractivity contribution < 1.29 is 4.74 Å². The lowest BCUT2D eigenvalue weighted by Crippen LogP contribution is -2.40. The van der Waals surface area contributed by atoms with Gasteiger partial charge in [-0.3, -0.25) is 0 Å². The molecule has 1 aliphatic rings. The Balaban J connectivity index is 2.37. The molecular weight excluding hydrogens is 266 g/mol. The van der Waals surface area contributed by atoms with E-state index in [0.29, 0.717) is 0 Å². The number of hydrogen-bond acceptors (Lipinski definition) is 3. The molecule has 0 fully saturated rings. The standard InChI is InChI=1S/C17H25NOS/c1-16(2,3)14-18-13(12-10-8-7-9-11-12)20-15(19-14)17(4,5)6/h7-11,14-15H,1-6H3. The van der Waals surface area contributed by atoms with Crippen LogP contribution < -0.4 is 0 Å². The summed E-state index contributed by atoms with van der Waals surface area (Å²) in [6.07, 6.45) is -0.0943. The number of hydrogen-bond donors (Lipinski definition) is 0. The van der Waals surface area contributed by atoms with Crippen LogP contribution in [0.3, 0.4) is 0 Å². The molecule has 0 bridgehead atoms. The van der Waals surface area contributed by atoms with Crippen molar-refractivity contribution in [2.75, 3.05) is 0 Å². The minimum absolute atomic E-state index is 0.00447. The van der Waals surface area contributed by atoms with E-state index in [1.54, 1.807) is 11.8 Å². The van der Waals surface area contributed by atoms with Crippen molar-refractivity contribution in [1.82, 2.24) is 0 Å². The Morgan fingerprint density at radius 3 is 2.05 bits per heavy atom. The summed E-state index contributed by atoms with van der Waals surface area (Å²) in [6, 6.07) is 10.4. The maximum atomic E-state index is 6.24. The summed E-state index contributed by atoms with van der Waals surface area (Å²) in [5, 5.41) is 1.09. The predicted octanol–water partition coefficient (Wildman–Crippen LogP) is 4.94. The van der Waals surface area contributed by atoms with Crippen molar-refractivity contribution in [2.24, 2.45) is 15.8 Å². The van der Waals surface area contributed by atoms with Crippen molar-refractivity contribution in [1.29, 1.82) is 0 Å².